The van der Waals surface area contributed by atoms with Crippen molar-refractivity contribution in [2.75, 3.05) is 31.6 Å². The topological polar surface area (TPSA) is 139 Å². The zero-order valence-electron chi connectivity index (χ0n) is 29.2. The first-order valence-electron chi connectivity index (χ1n) is 17.6. The number of likely N-dealkylation sites (tertiary alicyclic amines) is 1. The van der Waals surface area contributed by atoms with Crippen LogP contribution < -0.4 is 10.6 Å². The molecule has 1 aromatic carbocycles. The molecule has 2 aromatic heterocycles. The molecule has 272 valence electrons. The van der Waals surface area contributed by atoms with Crippen LogP contribution in [0.2, 0.25) is 0 Å². The number of halogens is 2. The van der Waals surface area contributed by atoms with Crippen molar-refractivity contribution < 1.29 is 33.3 Å². The summed E-state index contributed by atoms with van der Waals surface area (Å²) in [5.41, 5.74) is 1.42. The molecule has 0 spiro atoms. The largest absolute Gasteiger partial charge is 0.444 e. The highest BCUT2D eigenvalue weighted by atomic mass is 19.3. The monoisotopic (exact) mass is 697 g/mol. The Bertz CT molecular complexity index is 1700. The standard InChI is InChI=1S/C36H49F2N7O5/c1-22-31-24(7-5-9-28(31)45(41-22)29-14-15-30(46)40-34(29)47)8-6-18-49-26-16-17-43(20-26)19-23-10-12-25(13-11-23)44-21-27(32(42-44)33(37)38)39-35(48)50-36(2,3)4/h5,7,9,21,23,25-26,29-30,33-34,40,46-47H,10-20H2,1-4H3,(H,39,48)/t23?,25?,26-,29-,30-,34-/m0/s1. The van der Waals surface area contributed by atoms with Crippen LogP contribution in [-0.2, 0) is 9.47 Å². The highest BCUT2D eigenvalue weighted by molar-refractivity contribution is 5.88. The Hall–Kier alpha value is -3.61. The average Bonchev–Trinajstić information content (AvgIpc) is 3.77. The molecule has 4 N–H and O–H groups in total. The Morgan fingerprint density at radius 3 is 2.62 bits per heavy atom. The smallest absolute Gasteiger partial charge is 0.412 e. The summed E-state index contributed by atoms with van der Waals surface area (Å²) in [6.45, 7) is 10.2. The summed E-state index contributed by atoms with van der Waals surface area (Å²) in [7, 11) is 0. The van der Waals surface area contributed by atoms with Gasteiger partial charge in [-0.15, -0.1) is 0 Å². The number of amides is 1. The molecule has 4 heterocycles. The zero-order chi connectivity index (χ0) is 35.6. The fourth-order valence-corrected chi connectivity index (χ4v) is 7.48. The number of nitrogens with one attached hydrogen (secondary N) is 2. The van der Waals surface area contributed by atoms with Crippen LogP contribution in [0.5, 0.6) is 0 Å². The number of rotatable bonds is 8. The van der Waals surface area contributed by atoms with E-state index in [1.54, 1.807) is 25.5 Å². The van der Waals surface area contributed by atoms with E-state index in [1.165, 1.54) is 6.20 Å². The predicted octanol–water partition coefficient (Wildman–Crippen LogP) is 5.26. The van der Waals surface area contributed by atoms with Crippen LogP contribution in [0.4, 0.5) is 19.3 Å². The second kappa shape index (κ2) is 15.3. The molecule has 12 nitrogen and oxygen atoms in total. The number of aliphatic hydroxyl groups excluding tert-OH is 2. The van der Waals surface area contributed by atoms with Crippen LogP contribution in [0.1, 0.15) is 101 Å². The summed E-state index contributed by atoms with van der Waals surface area (Å²) in [6.07, 6.45) is 2.12. The molecular weight excluding hydrogens is 648 g/mol. The Morgan fingerprint density at radius 2 is 1.90 bits per heavy atom. The van der Waals surface area contributed by atoms with Crippen LogP contribution >= 0.6 is 0 Å². The number of anilines is 1. The Balaban J connectivity index is 0.967. The number of carbonyl (C=O) groups is 1. The van der Waals surface area contributed by atoms with Gasteiger partial charge in [-0.05, 0) is 90.7 Å². The van der Waals surface area contributed by atoms with Gasteiger partial charge in [0.25, 0.3) is 6.43 Å². The number of ether oxygens (including phenoxy) is 2. The van der Waals surface area contributed by atoms with Gasteiger partial charge in [0.1, 0.15) is 24.7 Å². The Labute approximate surface area is 291 Å². The van der Waals surface area contributed by atoms with E-state index in [0.717, 1.165) is 73.9 Å². The second-order valence-electron chi connectivity index (χ2n) is 14.8. The van der Waals surface area contributed by atoms with Gasteiger partial charge in [-0.3, -0.25) is 20.0 Å². The number of hydrogen-bond acceptors (Lipinski definition) is 9. The number of fused-ring (bicyclic) bond motifs is 1. The van der Waals surface area contributed by atoms with E-state index in [-0.39, 0.29) is 23.9 Å². The molecule has 4 atom stereocenters. The number of hydrogen-bond donors (Lipinski definition) is 4. The fraction of sp³-hybridized carbons (Fsp3) is 0.639. The van der Waals surface area contributed by atoms with Crippen LogP contribution in [-0.4, -0.2) is 91.2 Å². The maximum Gasteiger partial charge on any atom is 0.412 e. The number of nitrogens with zero attached hydrogens (tertiary/aromatic N) is 5. The van der Waals surface area contributed by atoms with Gasteiger partial charge in [-0.2, -0.15) is 10.2 Å². The van der Waals surface area contributed by atoms with Crippen molar-refractivity contribution in [3.05, 3.63) is 41.3 Å². The van der Waals surface area contributed by atoms with E-state index in [1.807, 2.05) is 29.8 Å². The minimum absolute atomic E-state index is 0.0000292. The van der Waals surface area contributed by atoms with Crippen molar-refractivity contribution in [2.24, 2.45) is 5.92 Å². The van der Waals surface area contributed by atoms with Crippen LogP contribution in [0.15, 0.2) is 24.4 Å². The van der Waals surface area contributed by atoms with E-state index in [4.69, 9.17) is 14.6 Å². The molecule has 2 saturated heterocycles. The lowest BCUT2D eigenvalue weighted by Crippen LogP contribution is -2.48. The molecule has 0 bridgehead atoms. The number of carbonyl (C=O) groups excluding carboxylic acids is 1. The third-order valence-corrected chi connectivity index (χ3v) is 9.84. The zero-order valence-corrected chi connectivity index (χ0v) is 29.2. The van der Waals surface area contributed by atoms with Gasteiger partial charge in [0, 0.05) is 36.8 Å². The van der Waals surface area contributed by atoms with E-state index in [9.17, 15) is 23.8 Å². The third-order valence-electron chi connectivity index (χ3n) is 9.84. The fourth-order valence-electron chi connectivity index (χ4n) is 7.48. The molecule has 6 rings (SSSR count). The molecule has 0 unspecified atom stereocenters. The number of aryl methyl sites for hydroxylation is 1. The molecule has 50 heavy (non-hydrogen) atoms. The van der Waals surface area contributed by atoms with Gasteiger partial charge in [0.05, 0.1) is 35.1 Å². The highest BCUT2D eigenvalue weighted by Crippen LogP contribution is 2.36. The number of alkyl halides is 2. The van der Waals surface area contributed by atoms with Crippen LogP contribution in [0.25, 0.3) is 10.9 Å². The van der Waals surface area contributed by atoms with Gasteiger partial charge in [0.2, 0.25) is 0 Å². The molecule has 3 fully saturated rings. The maximum absolute atomic E-state index is 13.7. The first kappa shape index (κ1) is 36.2. The van der Waals surface area contributed by atoms with E-state index in [2.05, 4.69) is 32.5 Å². The van der Waals surface area contributed by atoms with Crippen molar-refractivity contribution in [3.63, 3.8) is 0 Å². The van der Waals surface area contributed by atoms with Crippen molar-refractivity contribution in [1.29, 1.82) is 0 Å². The molecule has 1 aliphatic carbocycles. The average molecular weight is 698 g/mol. The normalized spacial score (nSPS) is 26.3. The van der Waals surface area contributed by atoms with Crippen molar-refractivity contribution in [3.8, 4) is 11.8 Å². The summed E-state index contributed by atoms with van der Waals surface area (Å²) >= 11 is 0. The lowest BCUT2D eigenvalue weighted by Gasteiger charge is -2.32. The Morgan fingerprint density at radius 1 is 1.12 bits per heavy atom. The molecular formula is C36H49F2N7O5. The first-order chi connectivity index (χ1) is 23.8. The van der Waals surface area contributed by atoms with Crippen molar-refractivity contribution in [1.82, 2.24) is 29.8 Å². The van der Waals surface area contributed by atoms with Gasteiger partial charge in [-0.25, -0.2) is 13.6 Å². The van der Waals surface area contributed by atoms with E-state index in [0.29, 0.717) is 25.4 Å². The molecule has 3 aliphatic rings. The molecule has 1 saturated carbocycles. The lowest BCUT2D eigenvalue weighted by atomic mass is 9.86. The van der Waals surface area contributed by atoms with Gasteiger partial charge >= 0.3 is 6.09 Å². The number of benzene rings is 1. The maximum atomic E-state index is 13.7. The summed E-state index contributed by atoms with van der Waals surface area (Å²) in [5, 5.41) is 35.4. The minimum atomic E-state index is -2.81. The SMILES string of the molecule is Cc1nn([C@H]2CC[C@H](O)N[C@H]2O)c2cccc(C#CCO[C@H]3CCN(CC4CCC(n5cc(NC(=O)OC(C)(C)C)c(C(F)F)n5)CC4)C3)c12. The van der Waals surface area contributed by atoms with Gasteiger partial charge < -0.3 is 24.6 Å². The van der Waals surface area contributed by atoms with Crippen molar-refractivity contribution >= 4 is 22.7 Å². The first-order valence-corrected chi connectivity index (χ1v) is 17.6. The van der Waals surface area contributed by atoms with E-state index < -0.39 is 36.3 Å². The van der Waals surface area contributed by atoms with Crippen LogP contribution in [0, 0.1) is 24.7 Å². The van der Waals surface area contributed by atoms with Crippen LogP contribution in [0.3, 0.4) is 0 Å². The molecule has 0 radical (unpaired) electrons. The Kier molecular flexibility index (Phi) is 11.1. The number of aliphatic hydroxyl groups is 2. The lowest BCUT2D eigenvalue weighted by molar-refractivity contribution is -0.0297. The van der Waals surface area contributed by atoms with Gasteiger partial charge in [-0.1, -0.05) is 17.9 Å². The summed E-state index contributed by atoms with van der Waals surface area (Å²) < 4.78 is 42.3. The molecule has 2 aliphatic heterocycles. The summed E-state index contributed by atoms with van der Waals surface area (Å²) in [5.74, 6) is 6.98. The van der Waals surface area contributed by atoms with Crippen molar-refractivity contribution in [2.45, 2.75) is 115 Å². The summed E-state index contributed by atoms with van der Waals surface area (Å²) in [6, 6.07) is 5.63. The second-order valence-corrected chi connectivity index (χ2v) is 14.8. The number of piperidine rings is 1. The summed E-state index contributed by atoms with van der Waals surface area (Å²) in [4.78, 5) is 14.7. The predicted molar refractivity (Wildman–Crippen MR) is 184 cm³/mol. The van der Waals surface area contributed by atoms with Gasteiger partial charge in [0.15, 0.2) is 5.69 Å². The number of aromatic nitrogens is 4. The van der Waals surface area contributed by atoms with E-state index >= 15 is 0 Å². The highest BCUT2D eigenvalue weighted by Gasteiger charge is 2.32. The third kappa shape index (κ3) is 8.63. The minimum Gasteiger partial charge on any atom is -0.444 e. The molecule has 1 amide bonds. The quantitative estimate of drug-likeness (QED) is 0.232. The molecule has 14 heteroatoms. The molecule has 3 aromatic rings.